The van der Waals surface area contributed by atoms with Gasteiger partial charge in [0, 0.05) is 6.92 Å². The highest BCUT2D eigenvalue weighted by Crippen LogP contribution is 2.42. The Morgan fingerprint density at radius 2 is 1.50 bits per heavy atom. The molecule has 164 valence electrons. The summed E-state index contributed by atoms with van der Waals surface area (Å²) in [5, 5.41) is -0.519. The summed E-state index contributed by atoms with van der Waals surface area (Å²) >= 11 is 5.33. The Labute approximate surface area is 173 Å². The number of carbonyl (C=O) groups is 3. The third-order valence-electron chi connectivity index (χ3n) is 4.62. The first-order valence-corrected chi connectivity index (χ1v) is 10.5. The minimum atomic E-state index is -0.904. The van der Waals surface area contributed by atoms with E-state index >= 15 is 0 Å². The summed E-state index contributed by atoms with van der Waals surface area (Å²) in [5.74, 6) is -0.653. The molecule has 0 aromatic heterocycles. The van der Waals surface area contributed by atoms with Crippen molar-refractivity contribution in [3.8, 4) is 0 Å². The van der Waals surface area contributed by atoms with E-state index in [9.17, 15) is 14.4 Å². The minimum absolute atomic E-state index is 0.0684. The lowest BCUT2D eigenvalue weighted by Gasteiger charge is -2.35. The molecule has 1 rings (SSSR count). The van der Waals surface area contributed by atoms with Crippen LogP contribution in [0.5, 0.6) is 0 Å². The molecule has 0 radical (unpaired) electrons. The quantitative estimate of drug-likeness (QED) is 0.236. The second kappa shape index (κ2) is 14.5. The summed E-state index contributed by atoms with van der Waals surface area (Å²) in [5.41, 5.74) is 0.0684. The molecule has 0 heterocycles. The highest BCUT2D eigenvalue weighted by Gasteiger charge is 2.33. The molecule has 0 spiro atoms. The van der Waals surface area contributed by atoms with Crippen LogP contribution in [0.4, 0.5) is 4.79 Å². The van der Waals surface area contributed by atoms with Gasteiger partial charge in [0.2, 0.25) is 6.29 Å². The molecule has 1 aliphatic rings. The summed E-state index contributed by atoms with van der Waals surface area (Å²) in [6.45, 7) is 9.29. The molecule has 0 N–H and O–H groups in total. The molecular weight excluding hydrogens is 388 g/mol. The van der Waals surface area contributed by atoms with Gasteiger partial charge in [-0.15, -0.1) is 11.6 Å². The third-order valence-corrected chi connectivity index (χ3v) is 4.79. The van der Waals surface area contributed by atoms with E-state index in [0.717, 1.165) is 19.3 Å². The summed E-state index contributed by atoms with van der Waals surface area (Å²) in [4.78, 5) is 33.5. The van der Waals surface area contributed by atoms with E-state index in [1.807, 2.05) is 0 Å². The molecule has 28 heavy (non-hydrogen) atoms. The minimum Gasteiger partial charge on any atom is -0.465 e. The molecule has 0 saturated heterocycles. The number of esters is 2. The van der Waals surface area contributed by atoms with E-state index in [1.165, 1.54) is 26.2 Å². The molecule has 0 bridgehead atoms. The zero-order valence-electron chi connectivity index (χ0n) is 17.8. The lowest BCUT2D eigenvalue weighted by Crippen LogP contribution is -2.30. The Hall–Kier alpha value is -1.50. The third kappa shape index (κ3) is 11.4. The van der Waals surface area contributed by atoms with Crippen LogP contribution in [-0.4, -0.2) is 43.0 Å². The van der Waals surface area contributed by atoms with Crippen molar-refractivity contribution in [2.45, 2.75) is 91.2 Å². The van der Waals surface area contributed by atoms with Crippen LogP contribution in [0.1, 0.15) is 79.6 Å². The Morgan fingerprint density at radius 1 is 0.929 bits per heavy atom. The fourth-order valence-electron chi connectivity index (χ4n) is 3.06. The first-order chi connectivity index (χ1) is 13.2. The molecule has 0 aromatic carbocycles. The average molecular weight is 423 g/mol. The number of halogens is 1. The molecule has 1 saturated carbocycles. The Balaban J connectivity index is 0.000000769. The van der Waals surface area contributed by atoms with Crippen LogP contribution in [0.25, 0.3) is 0 Å². The van der Waals surface area contributed by atoms with Gasteiger partial charge < -0.3 is 18.9 Å². The van der Waals surface area contributed by atoms with Crippen LogP contribution in [0.3, 0.4) is 0 Å². The van der Waals surface area contributed by atoms with Gasteiger partial charge in [0.1, 0.15) is 5.38 Å². The number of carbonyl (C=O) groups excluding carboxylic acids is 3. The molecule has 0 amide bonds. The van der Waals surface area contributed by atoms with Crippen molar-refractivity contribution in [1.82, 2.24) is 0 Å². The van der Waals surface area contributed by atoms with Gasteiger partial charge in [-0.3, -0.25) is 9.59 Å². The van der Waals surface area contributed by atoms with E-state index < -0.39 is 17.8 Å². The van der Waals surface area contributed by atoms with Crippen molar-refractivity contribution < 1.29 is 33.3 Å². The van der Waals surface area contributed by atoms with Gasteiger partial charge in [0.05, 0.1) is 19.6 Å². The van der Waals surface area contributed by atoms with E-state index in [4.69, 9.17) is 21.1 Å². The highest BCUT2D eigenvalue weighted by molar-refractivity contribution is 6.29. The van der Waals surface area contributed by atoms with Crippen LogP contribution in [-0.2, 0) is 28.5 Å². The van der Waals surface area contributed by atoms with Crippen molar-refractivity contribution >= 4 is 29.7 Å². The largest absolute Gasteiger partial charge is 0.511 e. The van der Waals surface area contributed by atoms with Gasteiger partial charge in [-0.1, -0.05) is 26.2 Å². The van der Waals surface area contributed by atoms with Crippen LogP contribution in [0, 0.1) is 5.41 Å². The predicted molar refractivity (Wildman–Crippen MR) is 106 cm³/mol. The van der Waals surface area contributed by atoms with Gasteiger partial charge in [0.25, 0.3) is 0 Å². The zero-order chi connectivity index (χ0) is 21.6. The van der Waals surface area contributed by atoms with E-state index in [2.05, 4.69) is 16.4 Å². The maximum Gasteiger partial charge on any atom is 0.511 e. The maximum atomic E-state index is 12.0. The fourth-order valence-corrected chi connectivity index (χ4v) is 3.12. The van der Waals surface area contributed by atoms with Gasteiger partial charge in [-0.25, -0.2) is 4.79 Å². The maximum absolute atomic E-state index is 12.0. The smallest absolute Gasteiger partial charge is 0.465 e. The van der Waals surface area contributed by atoms with Gasteiger partial charge in [-0.05, 0) is 45.4 Å². The van der Waals surface area contributed by atoms with Crippen molar-refractivity contribution in [1.29, 1.82) is 0 Å². The van der Waals surface area contributed by atoms with Crippen LogP contribution < -0.4 is 0 Å². The topological polar surface area (TPSA) is 88.1 Å². The Kier molecular flexibility index (Phi) is 13.7. The van der Waals surface area contributed by atoms with E-state index in [1.54, 1.807) is 20.8 Å². The van der Waals surface area contributed by atoms with Gasteiger partial charge in [0.15, 0.2) is 0 Å². The average Bonchev–Trinajstić information content (AvgIpc) is 2.63. The first-order valence-electron chi connectivity index (χ1n) is 10.0. The first kappa shape index (κ1) is 26.5. The molecule has 2 unspecified atom stereocenters. The van der Waals surface area contributed by atoms with E-state index in [0.29, 0.717) is 13.0 Å². The second-order valence-electron chi connectivity index (χ2n) is 6.82. The molecule has 0 aromatic rings. The number of alkyl halides is 1. The van der Waals surface area contributed by atoms with Crippen molar-refractivity contribution in [3.05, 3.63) is 0 Å². The van der Waals surface area contributed by atoms with E-state index in [-0.39, 0.29) is 24.0 Å². The standard InChI is InChI=1S/C15H26O5.C5H9ClO2/c1-4-15(9-7-6-8-10-15)11-13(16)19-12(3)20-14(17)18-5-2;1-3-8-5(7)4(2)6/h12H,4-11H2,1-3H3;4H,3H2,1-2H3. The SMILES string of the molecule is CCOC(=O)C(C)Cl.CCOC(=O)OC(C)OC(=O)CC1(CC)CCCCC1. The molecule has 7 nitrogen and oxygen atoms in total. The monoisotopic (exact) mass is 422 g/mol. The number of hydrogen-bond acceptors (Lipinski definition) is 7. The molecule has 8 heteroatoms. The molecular formula is C20H35ClO7. The lowest BCUT2D eigenvalue weighted by molar-refractivity contribution is -0.171. The van der Waals surface area contributed by atoms with Crippen LogP contribution in [0.2, 0.25) is 0 Å². The van der Waals surface area contributed by atoms with Crippen LogP contribution in [0.15, 0.2) is 0 Å². The van der Waals surface area contributed by atoms with Crippen molar-refractivity contribution in [3.63, 3.8) is 0 Å². The van der Waals surface area contributed by atoms with Gasteiger partial charge in [-0.2, -0.15) is 0 Å². The summed E-state index contributed by atoms with van der Waals surface area (Å²) in [7, 11) is 0. The summed E-state index contributed by atoms with van der Waals surface area (Å²) in [6, 6.07) is 0. The summed E-state index contributed by atoms with van der Waals surface area (Å²) < 4.78 is 19.1. The number of rotatable bonds is 8. The molecule has 2 atom stereocenters. The highest BCUT2D eigenvalue weighted by atomic mass is 35.5. The molecule has 1 aliphatic carbocycles. The Bertz CT molecular complexity index is 473. The normalized spacial score (nSPS) is 17.2. The predicted octanol–water partition coefficient (Wildman–Crippen LogP) is 4.98. The Morgan fingerprint density at radius 3 is 1.93 bits per heavy atom. The zero-order valence-corrected chi connectivity index (χ0v) is 18.5. The molecule has 1 fully saturated rings. The number of hydrogen-bond donors (Lipinski definition) is 0. The fraction of sp³-hybridized carbons (Fsp3) is 0.850. The lowest BCUT2D eigenvalue weighted by atomic mass is 9.70. The number of ether oxygens (including phenoxy) is 4. The van der Waals surface area contributed by atoms with Crippen molar-refractivity contribution in [2.24, 2.45) is 5.41 Å². The van der Waals surface area contributed by atoms with Crippen LogP contribution >= 0.6 is 11.6 Å². The van der Waals surface area contributed by atoms with Crippen molar-refractivity contribution in [2.75, 3.05) is 13.2 Å². The molecule has 0 aliphatic heterocycles. The second-order valence-corrected chi connectivity index (χ2v) is 7.47. The summed E-state index contributed by atoms with van der Waals surface area (Å²) in [6.07, 6.45) is 5.42. The van der Waals surface area contributed by atoms with Gasteiger partial charge >= 0.3 is 18.1 Å².